The van der Waals surface area contributed by atoms with Gasteiger partial charge in [0, 0.05) is 18.2 Å². The van der Waals surface area contributed by atoms with Gasteiger partial charge in [0.25, 0.3) is 0 Å². The lowest BCUT2D eigenvalue weighted by atomic mass is 9.79. The van der Waals surface area contributed by atoms with Crippen LogP contribution in [0.5, 0.6) is 0 Å². The summed E-state index contributed by atoms with van der Waals surface area (Å²) in [5, 5.41) is 4.41. The minimum absolute atomic E-state index is 0.189. The van der Waals surface area contributed by atoms with E-state index in [-0.39, 0.29) is 16.5 Å². The van der Waals surface area contributed by atoms with Crippen molar-refractivity contribution in [3.63, 3.8) is 0 Å². The molecule has 0 radical (unpaired) electrons. The first-order valence-electron chi connectivity index (χ1n) is 9.21. The zero-order valence-electron chi connectivity index (χ0n) is 16.0. The van der Waals surface area contributed by atoms with E-state index in [0.29, 0.717) is 36.8 Å². The highest BCUT2D eigenvalue weighted by molar-refractivity contribution is 6.33. The van der Waals surface area contributed by atoms with Crippen molar-refractivity contribution in [1.82, 2.24) is 24.5 Å². The smallest absolute Gasteiger partial charge is 0.178 e. The van der Waals surface area contributed by atoms with Crippen LogP contribution in [-0.2, 0) is 5.54 Å². The van der Waals surface area contributed by atoms with E-state index in [0.717, 1.165) is 12.8 Å². The first-order chi connectivity index (χ1) is 13.7. The van der Waals surface area contributed by atoms with Gasteiger partial charge >= 0.3 is 0 Å². The number of nitrogens with two attached hydrogens (primary N) is 1. The topological polar surface area (TPSA) is 72.3 Å². The maximum atomic E-state index is 14.4. The van der Waals surface area contributed by atoms with Crippen LogP contribution in [0.25, 0.3) is 17.0 Å². The zero-order chi connectivity index (χ0) is 20.9. The van der Waals surface area contributed by atoms with Gasteiger partial charge in [-0.15, -0.1) is 0 Å². The fourth-order valence-corrected chi connectivity index (χ4v) is 4.06. The van der Waals surface area contributed by atoms with Crippen LogP contribution in [-0.4, -0.2) is 44.6 Å². The van der Waals surface area contributed by atoms with Crippen LogP contribution in [0.4, 0.5) is 13.2 Å². The molecule has 6 nitrogen and oxygen atoms in total. The summed E-state index contributed by atoms with van der Waals surface area (Å²) in [6, 6.07) is 1.56. The summed E-state index contributed by atoms with van der Waals surface area (Å²) >= 11 is 6.19. The van der Waals surface area contributed by atoms with E-state index in [1.807, 2.05) is 14.1 Å². The van der Waals surface area contributed by atoms with Crippen LogP contribution < -0.4 is 5.73 Å². The predicted octanol–water partition coefficient (Wildman–Crippen LogP) is 3.52. The highest BCUT2D eigenvalue weighted by atomic mass is 35.5. The van der Waals surface area contributed by atoms with Crippen molar-refractivity contribution in [2.75, 3.05) is 14.1 Å². The Labute approximate surface area is 170 Å². The largest absolute Gasteiger partial charge is 0.319 e. The molecule has 2 N–H and O–H groups in total. The average Bonchev–Trinajstić information content (AvgIpc) is 3.02. The highest BCUT2D eigenvalue weighted by Gasteiger charge is 2.38. The van der Waals surface area contributed by atoms with Crippen molar-refractivity contribution in [2.24, 2.45) is 5.73 Å². The van der Waals surface area contributed by atoms with Gasteiger partial charge in [0.1, 0.15) is 22.5 Å². The first kappa shape index (κ1) is 20.1. The fraction of sp³-hybridized carbons (Fsp3) is 0.421. The van der Waals surface area contributed by atoms with Crippen LogP contribution in [0.3, 0.4) is 0 Å². The maximum absolute atomic E-state index is 14.4. The third-order valence-electron chi connectivity index (χ3n) is 5.58. The summed E-state index contributed by atoms with van der Waals surface area (Å²) in [6.45, 7) is 0. The van der Waals surface area contributed by atoms with E-state index in [1.54, 1.807) is 0 Å². The SMILES string of the molecule is CN(C)C1CCC(N)(c2nc(-c3c(F)cc(F)cc3F)nc3c(Cl)cnn23)CC1. The lowest BCUT2D eigenvalue weighted by Crippen LogP contribution is -2.46. The molecule has 0 aliphatic heterocycles. The van der Waals surface area contributed by atoms with Crippen molar-refractivity contribution in [3.8, 4) is 11.4 Å². The Hall–Kier alpha value is -2.23. The molecule has 1 saturated carbocycles. The highest BCUT2D eigenvalue weighted by Crippen LogP contribution is 2.37. The van der Waals surface area contributed by atoms with Crippen molar-refractivity contribution in [1.29, 1.82) is 0 Å². The molecule has 1 fully saturated rings. The number of fused-ring (bicyclic) bond motifs is 1. The summed E-state index contributed by atoms with van der Waals surface area (Å²) in [4.78, 5) is 10.7. The second-order valence-corrected chi connectivity index (χ2v) is 8.10. The summed E-state index contributed by atoms with van der Waals surface area (Å²) in [6.07, 6.45) is 4.25. The molecule has 154 valence electrons. The standard InChI is InChI=1S/C19H20ClF3N6/c1-28(2)11-3-5-19(24,6-4-11)18-27-16(26-17-12(20)9-25-29(17)18)15-13(22)7-10(21)8-14(15)23/h7-9,11H,3-6,24H2,1-2H3. The van der Waals surface area contributed by atoms with Crippen molar-refractivity contribution in [2.45, 2.75) is 37.3 Å². The van der Waals surface area contributed by atoms with Gasteiger partial charge in [-0.2, -0.15) is 9.61 Å². The van der Waals surface area contributed by atoms with E-state index in [2.05, 4.69) is 20.0 Å². The van der Waals surface area contributed by atoms with E-state index in [4.69, 9.17) is 17.3 Å². The van der Waals surface area contributed by atoms with Gasteiger partial charge in [-0.3, -0.25) is 0 Å². The van der Waals surface area contributed by atoms with Crippen molar-refractivity contribution >= 4 is 17.2 Å². The molecule has 4 rings (SSSR count). The molecular weight excluding hydrogens is 405 g/mol. The molecule has 0 amide bonds. The zero-order valence-corrected chi connectivity index (χ0v) is 16.7. The van der Waals surface area contributed by atoms with Gasteiger partial charge < -0.3 is 10.6 Å². The van der Waals surface area contributed by atoms with Crippen LogP contribution in [0.2, 0.25) is 5.02 Å². The third kappa shape index (κ3) is 3.47. The Balaban J connectivity index is 1.88. The molecule has 1 aliphatic rings. The van der Waals surface area contributed by atoms with Gasteiger partial charge in [0.05, 0.1) is 17.3 Å². The van der Waals surface area contributed by atoms with Crippen molar-refractivity contribution in [3.05, 3.63) is 46.6 Å². The van der Waals surface area contributed by atoms with Gasteiger partial charge in [-0.1, -0.05) is 11.6 Å². The summed E-state index contributed by atoms with van der Waals surface area (Å²) in [7, 11) is 4.03. The number of benzene rings is 1. The minimum Gasteiger partial charge on any atom is -0.319 e. The second kappa shape index (κ2) is 7.23. The van der Waals surface area contributed by atoms with E-state index in [9.17, 15) is 13.2 Å². The lowest BCUT2D eigenvalue weighted by molar-refractivity contribution is 0.166. The predicted molar refractivity (Wildman–Crippen MR) is 103 cm³/mol. The van der Waals surface area contributed by atoms with Crippen LogP contribution >= 0.6 is 11.6 Å². The number of nitrogens with zero attached hydrogens (tertiary/aromatic N) is 5. The molecule has 2 heterocycles. The van der Waals surface area contributed by atoms with Crippen molar-refractivity contribution < 1.29 is 13.2 Å². The quantitative estimate of drug-likeness (QED) is 0.696. The molecule has 1 aliphatic carbocycles. The molecule has 2 aromatic heterocycles. The number of rotatable bonds is 3. The first-order valence-corrected chi connectivity index (χ1v) is 9.59. The Bertz CT molecular complexity index is 1050. The summed E-state index contributed by atoms with van der Waals surface area (Å²) in [5.41, 5.74) is 5.49. The fourth-order valence-electron chi connectivity index (χ4n) is 3.90. The van der Waals surface area contributed by atoms with E-state index >= 15 is 0 Å². The van der Waals surface area contributed by atoms with Gasteiger partial charge in [0.15, 0.2) is 17.3 Å². The van der Waals surface area contributed by atoms with E-state index in [1.165, 1.54) is 10.7 Å². The molecule has 0 bridgehead atoms. The van der Waals surface area contributed by atoms with Crippen LogP contribution in [0.15, 0.2) is 18.3 Å². The monoisotopic (exact) mass is 424 g/mol. The minimum atomic E-state index is -1.10. The number of hydrogen-bond acceptors (Lipinski definition) is 5. The molecular formula is C19H20ClF3N6. The van der Waals surface area contributed by atoms with E-state index < -0.39 is 28.6 Å². The normalized spacial score (nSPS) is 22.6. The molecule has 1 aromatic carbocycles. The molecule has 29 heavy (non-hydrogen) atoms. The number of hydrogen-bond donors (Lipinski definition) is 1. The Morgan fingerprint density at radius 2 is 1.76 bits per heavy atom. The Morgan fingerprint density at radius 1 is 1.14 bits per heavy atom. The average molecular weight is 425 g/mol. The molecule has 0 spiro atoms. The molecule has 0 unspecified atom stereocenters. The van der Waals surface area contributed by atoms with Gasteiger partial charge in [-0.05, 0) is 39.8 Å². The number of halogens is 4. The number of aromatic nitrogens is 4. The molecule has 3 aromatic rings. The van der Waals surface area contributed by atoms with Crippen LogP contribution in [0.1, 0.15) is 31.5 Å². The molecule has 10 heteroatoms. The Kier molecular flexibility index (Phi) is 5.00. The van der Waals surface area contributed by atoms with Crippen LogP contribution in [0, 0.1) is 17.5 Å². The second-order valence-electron chi connectivity index (χ2n) is 7.69. The molecule has 0 saturated heterocycles. The maximum Gasteiger partial charge on any atom is 0.178 e. The summed E-state index contributed by atoms with van der Waals surface area (Å²) in [5.74, 6) is -3.15. The van der Waals surface area contributed by atoms with Gasteiger partial charge in [-0.25, -0.2) is 23.1 Å². The lowest BCUT2D eigenvalue weighted by Gasteiger charge is -2.38. The Morgan fingerprint density at radius 3 is 2.34 bits per heavy atom. The molecule has 0 atom stereocenters. The third-order valence-corrected chi connectivity index (χ3v) is 5.85. The summed E-state index contributed by atoms with van der Waals surface area (Å²) < 4.78 is 43.5. The van der Waals surface area contributed by atoms with Gasteiger partial charge in [0.2, 0.25) is 0 Å².